The fourth-order valence-electron chi connectivity index (χ4n) is 3.62. The molecule has 12 heteroatoms. The van der Waals surface area contributed by atoms with Crippen LogP contribution in [0, 0.1) is 5.92 Å². The van der Waals surface area contributed by atoms with Gasteiger partial charge in [-0.05, 0) is 50.0 Å². The number of amides is 3. The number of nitrogens with two attached hydrogens (primary N) is 1. The first-order valence-electron chi connectivity index (χ1n) is 11.2. The van der Waals surface area contributed by atoms with Gasteiger partial charge in [-0.25, -0.2) is 9.59 Å². The minimum absolute atomic E-state index is 0.0289. The van der Waals surface area contributed by atoms with Crippen LogP contribution in [0.15, 0.2) is 24.3 Å². The zero-order valence-electron chi connectivity index (χ0n) is 18.9. The number of hydrogen-bond acceptors (Lipinski definition) is 7. The molecule has 0 unspecified atom stereocenters. The number of nitrogens with zero attached hydrogens (tertiary/aromatic N) is 1. The molecule has 188 valence electrons. The van der Waals surface area contributed by atoms with E-state index < -0.39 is 29.9 Å². The predicted molar refractivity (Wildman–Crippen MR) is 122 cm³/mol. The number of aromatic hydroxyl groups is 1. The van der Waals surface area contributed by atoms with Crippen molar-refractivity contribution in [1.82, 2.24) is 20.9 Å². The van der Waals surface area contributed by atoms with Gasteiger partial charge in [0, 0.05) is 26.1 Å². The Hall–Kier alpha value is -3.38. The lowest BCUT2D eigenvalue weighted by Gasteiger charge is -2.28. The molecule has 2 rings (SSSR count). The van der Waals surface area contributed by atoms with Crippen LogP contribution >= 0.6 is 0 Å². The molecule has 0 aromatic heterocycles. The molecule has 3 atom stereocenters. The summed E-state index contributed by atoms with van der Waals surface area (Å²) >= 11 is 0. The molecule has 8 N–H and O–H groups in total. The summed E-state index contributed by atoms with van der Waals surface area (Å²) in [6, 6.07) is 3.55. The Morgan fingerprint density at radius 1 is 1.15 bits per heavy atom. The summed E-state index contributed by atoms with van der Waals surface area (Å²) in [6.45, 7) is 0.694. The largest absolute Gasteiger partial charge is 0.508 e. The minimum Gasteiger partial charge on any atom is -0.508 e. The van der Waals surface area contributed by atoms with E-state index in [2.05, 4.69) is 16.0 Å². The number of carbonyl (C=O) groups excluding carboxylic acids is 2. The van der Waals surface area contributed by atoms with Gasteiger partial charge in [0.2, 0.25) is 5.91 Å². The van der Waals surface area contributed by atoms with Crippen LogP contribution in [0.3, 0.4) is 0 Å². The van der Waals surface area contributed by atoms with E-state index in [0.717, 1.165) is 13.0 Å². The minimum atomic E-state index is -1.27. The third kappa shape index (κ3) is 8.52. The summed E-state index contributed by atoms with van der Waals surface area (Å²) < 4.78 is 0. The van der Waals surface area contributed by atoms with E-state index in [-0.39, 0.29) is 50.3 Å². The second-order valence-electron chi connectivity index (χ2n) is 8.23. The van der Waals surface area contributed by atoms with E-state index in [9.17, 15) is 34.5 Å². The van der Waals surface area contributed by atoms with Crippen molar-refractivity contribution in [3.8, 4) is 5.75 Å². The van der Waals surface area contributed by atoms with Crippen LogP contribution in [0.5, 0.6) is 5.75 Å². The number of phenolic OH excluding ortho intramolecular Hbond substituents is 1. The molecule has 0 aliphatic carbocycles. The highest BCUT2D eigenvalue weighted by atomic mass is 16.4. The van der Waals surface area contributed by atoms with Gasteiger partial charge in [-0.15, -0.1) is 0 Å². The van der Waals surface area contributed by atoms with Gasteiger partial charge in [-0.1, -0.05) is 12.1 Å². The number of carboxylic acids is 2. The number of nitrogens with one attached hydrogen (secondary N) is 3. The Morgan fingerprint density at radius 3 is 2.41 bits per heavy atom. The fourth-order valence-corrected chi connectivity index (χ4v) is 3.62. The first-order valence-corrected chi connectivity index (χ1v) is 11.2. The van der Waals surface area contributed by atoms with E-state index in [4.69, 9.17) is 5.73 Å². The van der Waals surface area contributed by atoms with Gasteiger partial charge >= 0.3 is 18.0 Å². The van der Waals surface area contributed by atoms with Crippen molar-refractivity contribution in [3.63, 3.8) is 0 Å². The molecule has 1 saturated heterocycles. The molecule has 1 aromatic rings. The van der Waals surface area contributed by atoms with Crippen molar-refractivity contribution in [1.29, 1.82) is 0 Å². The summed E-state index contributed by atoms with van der Waals surface area (Å²) in [5.74, 6) is -3.80. The number of aliphatic carboxylic acids is 2. The van der Waals surface area contributed by atoms with Crippen LogP contribution in [0.25, 0.3) is 0 Å². The second-order valence-corrected chi connectivity index (χ2v) is 8.23. The molecule has 34 heavy (non-hydrogen) atoms. The number of carbonyl (C=O) groups is 4. The first kappa shape index (κ1) is 26.9. The zero-order chi connectivity index (χ0) is 25.1. The van der Waals surface area contributed by atoms with Crippen molar-refractivity contribution in [2.45, 2.75) is 37.8 Å². The topological polar surface area (TPSA) is 194 Å². The number of phenols is 1. The SMILES string of the molecule is NCCCN(C[C@@H](CNC(=O)[C@@H]1CCCN1)C(=O)O)C(=O)N[C@@H](Cc1ccc(O)cc1)C(=O)O. The maximum absolute atomic E-state index is 12.9. The van der Waals surface area contributed by atoms with Gasteiger partial charge < -0.3 is 41.9 Å². The Morgan fingerprint density at radius 2 is 1.85 bits per heavy atom. The Kier molecular flexibility index (Phi) is 10.6. The Balaban J connectivity index is 2.03. The number of rotatable bonds is 13. The van der Waals surface area contributed by atoms with Crippen LogP contribution in [0.2, 0.25) is 0 Å². The molecule has 1 fully saturated rings. The van der Waals surface area contributed by atoms with Crippen molar-refractivity contribution < 1.29 is 34.5 Å². The molecular weight excluding hydrogens is 446 g/mol. The first-order chi connectivity index (χ1) is 16.2. The van der Waals surface area contributed by atoms with Crippen LogP contribution in [-0.2, 0) is 20.8 Å². The van der Waals surface area contributed by atoms with Gasteiger partial charge in [0.25, 0.3) is 0 Å². The monoisotopic (exact) mass is 479 g/mol. The molecule has 1 aromatic carbocycles. The number of carboxylic acid groups (broad SMARTS) is 2. The summed E-state index contributed by atoms with van der Waals surface area (Å²) in [5.41, 5.74) is 6.14. The smallest absolute Gasteiger partial charge is 0.326 e. The number of urea groups is 1. The summed E-state index contributed by atoms with van der Waals surface area (Å²) in [6.07, 6.45) is 1.89. The molecule has 1 aliphatic heterocycles. The van der Waals surface area contributed by atoms with Crippen molar-refractivity contribution in [3.05, 3.63) is 29.8 Å². The van der Waals surface area contributed by atoms with E-state index in [1.807, 2.05) is 0 Å². The van der Waals surface area contributed by atoms with Crippen molar-refractivity contribution in [2.75, 3.05) is 32.7 Å². The number of benzene rings is 1. The van der Waals surface area contributed by atoms with E-state index in [1.54, 1.807) is 12.1 Å². The lowest BCUT2D eigenvalue weighted by atomic mass is 10.1. The summed E-state index contributed by atoms with van der Waals surface area (Å²) in [5, 5.41) is 36.7. The average Bonchev–Trinajstić information content (AvgIpc) is 3.34. The van der Waals surface area contributed by atoms with Gasteiger partial charge in [-0.3, -0.25) is 9.59 Å². The van der Waals surface area contributed by atoms with E-state index in [0.29, 0.717) is 18.4 Å². The van der Waals surface area contributed by atoms with Crippen molar-refractivity contribution in [2.24, 2.45) is 11.7 Å². The molecule has 1 aliphatic rings. The Bertz CT molecular complexity index is 843. The number of hydrogen-bond donors (Lipinski definition) is 7. The quantitative estimate of drug-likeness (QED) is 0.192. The third-order valence-corrected chi connectivity index (χ3v) is 5.58. The maximum Gasteiger partial charge on any atom is 0.326 e. The van der Waals surface area contributed by atoms with E-state index in [1.165, 1.54) is 17.0 Å². The third-order valence-electron chi connectivity index (χ3n) is 5.58. The van der Waals surface area contributed by atoms with Crippen molar-refractivity contribution >= 4 is 23.9 Å². The molecule has 1 heterocycles. The zero-order valence-corrected chi connectivity index (χ0v) is 18.9. The van der Waals surface area contributed by atoms with Gasteiger partial charge in [0.1, 0.15) is 11.8 Å². The molecule has 3 amide bonds. The average molecular weight is 480 g/mol. The molecule has 0 saturated carbocycles. The highest BCUT2D eigenvalue weighted by Crippen LogP contribution is 2.12. The lowest BCUT2D eigenvalue weighted by Crippen LogP contribution is -2.52. The predicted octanol–water partition coefficient (Wildman–Crippen LogP) is -0.683. The molecule has 0 radical (unpaired) electrons. The van der Waals surface area contributed by atoms with Crippen LogP contribution in [-0.4, -0.2) is 88.9 Å². The second kappa shape index (κ2) is 13.4. The maximum atomic E-state index is 12.9. The highest BCUT2D eigenvalue weighted by Gasteiger charge is 2.29. The molecular formula is C22H33N5O7. The normalized spacial score (nSPS) is 16.9. The van der Waals surface area contributed by atoms with Crippen LogP contribution < -0.4 is 21.7 Å². The van der Waals surface area contributed by atoms with Gasteiger partial charge in [-0.2, -0.15) is 0 Å². The summed E-state index contributed by atoms with van der Waals surface area (Å²) in [7, 11) is 0. The molecule has 0 spiro atoms. The Labute approximate surface area is 197 Å². The molecule has 0 bridgehead atoms. The van der Waals surface area contributed by atoms with E-state index >= 15 is 0 Å². The highest BCUT2D eigenvalue weighted by molar-refractivity contribution is 5.84. The van der Waals surface area contributed by atoms with Crippen LogP contribution in [0.1, 0.15) is 24.8 Å². The van der Waals surface area contributed by atoms with Gasteiger partial charge in [0.15, 0.2) is 0 Å². The summed E-state index contributed by atoms with van der Waals surface area (Å²) in [4.78, 5) is 49.8. The fraction of sp³-hybridized carbons (Fsp3) is 0.545. The van der Waals surface area contributed by atoms with Gasteiger partial charge in [0.05, 0.1) is 12.0 Å². The van der Waals surface area contributed by atoms with Crippen LogP contribution in [0.4, 0.5) is 4.79 Å². The standard InChI is InChI=1S/C22H33N5O7/c23-8-2-10-27(13-15(20(30)31)12-25-19(29)17-3-1-9-24-17)22(34)26-18(21(32)33)11-14-4-6-16(28)7-5-14/h4-7,15,17-18,24,28H,1-3,8-13,23H2,(H,25,29)(H,26,34)(H,30,31)(H,32,33)/t15-,17+,18+/m1/s1. The molecule has 12 nitrogen and oxygen atoms in total. The lowest BCUT2D eigenvalue weighted by molar-refractivity contribution is -0.142.